The maximum absolute atomic E-state index is 6.00. The van der Waals surface area contributed by atoms with Gasteiger partial charge in [0.1, 0.15) is 0 Å². The van der Waals surface area contributed by atoms with Gasteiger partial charge in [-0.05, 0) is 0 Å². The molecule has 6 heteroatoms. The molecule has 0 unspecified atom stereocenters. The van der Waals surface area contributed by atoms with Crippen LogP contribution in [0.15, 0.2) is 0 Å². The van der Waals surface area contributed by atoms with E-state index in [1.165, 1.54) is 0 Å². The maximum Gasteiger partial charge on any atom is 0 e. The van der Waals surface area contributed by atoms with Crippen LogP contribution in [-0.2, 0) is 36.0 Å². The summed E-state index contributed by atoms with van der Waals surface area (Å²) >= 11 is 0. The molecule has 0 aromatic carbocycles. The van der Waals surface area contributed by atoms with Crippen molar-refractivity contribution in [3.05, 3.63) is 0 Å². The Hall–Kier alpha value is 0.957. The van der Waals surface area contributed by atoms with Crippen molar-refractivity contribution in [3.8, 4) is 0 Å². The summed E-state index contributed by atoms with van der Waals surface area (Å²) in [6.45, 7) is 0. The maximum atomic E-state index is 6.00. The van der Waals surface area contributed by atoms with Crippen LogP contribution in [0.2, 0.25) is 0 Å². The summed E-state index contributed by atoms with van der Waals surface area (Å²) in [7, 11) is 0. The quantitative estimate of drug-likeness (QED) is 0.248. The van der Waals surface area contributed by atoms with Crippen molar-refractivity contribution in [1.82, 2.24) is 0 Å². The molecular weight excluding hydrogens is 188 g/mol. The average Bonchev–Trinajstić information content (AvgIpc) is 1.50. The Morgan fingerprint density at radius 2 is 0.667 bits per heavy atom. The Bertz CT molecular complexity index is 7.51. The van der Waals surface area contributed by atoms with Crippen LogP contribution in [0, 0.1) is 0 Å². The van der Waals surface area contributed by atoms with Crippen LogP contribution >= 0.6 is 0 Å². The van der Waals surface area contributed by atoms with Crippen LogP contribution in [-0.4, -0.2) is 21.0 Å². The van der Waals surface area contributed by atoms with Gasteiger partial charge < -0.3 is 0 Å². The van der Waals surface area contributed by atoms with Gasteiger partial charge in [-0.2, -0.15) is 0 Å². The van der Waals surface area contributed by atoms with E-state index in [9.17, 15) is 0 Å². The van der Waals surface area contributed by atoms with Gasteiger partial charge in [-0.3, -0.25) is 21.0 Å². The predicted octanol–water partition coefficient (Wildman–Crippen LogP) is 0.0298. The van der Waals surface area contributed by atoms with Gasteiger partial charge >= 0.3 is 0 Å². The average molecular weight is 192 g/mol. The van der Waals surface area contributed by atoms with E-state index >= 15 is 0 Å². The first-order chi connectivity index (χ1) is 2.00. The molecule has 6 heavy (non-hydrogen) atoms. The summed E-state index contributed by atoms with van der Waals surface area (Å²) in [5.74, 6) is 0. The van der Waals surface area contributed by atoms with E-state index in [0.717, 1.165) is 0 Å². The summed E-state index contributed by atoms with van der Waals surface area (Å²) in [6, 6.07) is 0. The smallest absolute Gasteiger partial charge is 0 e. The van der Waals surface area contributed by atoms with Crippen LogP contribution < -0.4 is 0 Å². The van der Waals surface area contributed by atoms with E-state index in [1.807, 2.05) is 0 Å². The molecule has 0 aliphatic carbocycles. The van der Waals surface area contributed by atoms with E-state index in [1.54, 1.807) is 0 Å². The molecule has 4 N–H and O–H groups in total. The summed E-state index contributed by atoms with van der Waals surface area (Å²) < 4.78 is 0. The Labute approximate surface area is 57.3 Å². The van der Waals surface area contributed by atoms with E-state index in [2.05, 4.69) is 0 Å². The van der Waals surface area contributed by atoms with Gasteiger partial charge in [0.25, 0.3) is 0 Å². The molecule has 0 atom stereocenters. The zero-order valence-electron chi connectivity index (χ0n) is 2.81. The fraction of sp³-hybridized carbons (Fsp3) is 0. The topological polar surface area (TPSA) is 80.9 Å². The fourth-order valence-electron chi connectivity index (χ4n) is 0. The third-order valence-corrected chi connectivity index (χ3v) is 0. The van der Waals surface area contributed by atoms with Crippen molar-refractivity contribution in [2.75, 3.05) is 0 Å². The zero-order chi connectivity index (χ0) is 4.00. The predicted molar refractivity (Wildman–Crippen MR) is 10.5 cm³/mol. The van der Waals surface area contributed by atoms with E-state index in [-0.39, 0.29) is 36.0 Å². The first kappa shape index (κ1) is 28.2. The molecule has 0 aromatic heterocycles. The second kappa shape index (κ2) is 160. The van der Waals surface area contributed by atoms with Gasteiger partial charge in [-0.1, -0.05) is 0 Å². The normalized spacial score (nSPS) is 2.00. The third kappa shape index (κ3) is 84.8. The van der Waals surface area contributed by atoms with Gasteiger partial charge in [0, 0.05) is 36.0 Å². The summed E-state index contributed by atoms with van der Waals surface area (Å²) in [5, 5.41) is 24.0. The Balaban J connectivity index is -0.00000000500. The Morgan fingerprint density at radius 3 is 0.667 bits per heavy atom. The molecule has 0 spiro atoms. The molecule has 0 heterocycles. The number of rotatable bonds is 0. The molecule has 0 bridgehead atoms. The number of hydrogen-bond donors (Lipinski definition) is 4. The van der Waals surface area contributed by atoms with Crippen molar-refractivity contribution >= 4 is 0 Å². The summed E-state index contributed by atoms with van der Waals surface area (Å²) in [5.41, 5.74) is 0. The molecule has 0 saturated heterocycles. The van der Waals surface area contributed by atoms with Crippen LogP contribution in [0.5, 0.6) is 0 Å². The molecule has 0 aromatic rings. The largest absolute Gasteiger partial charge is 0.255 e. The first-order valence-electron chi connectivity index (χ1n) is 0.400. The zero-order valence-corrected chi connectivity index (χ0v) is 6.77. The minimum atomic E-state index is 0. The van der Waals surface area contributed by atoms with Crippen molar-refractivity contribution in [3.63, 3.8) is 0 Å². The molecule has 0 radical (unpaired) electrons. The molecule has 4 nitrogen and oxygen atoms in total. The third-order valence-electron chi connectivity index (χ3n) is 0. The minimum Gasteiger partial charge on any atom is -0.255 e. The summed E-state index contributed by atoms with van der Waals surface area (Å²) in [6.07, 6.45) is 0. The van der Waals surface area contributed by atoms with Crippen LogP contribution in [0.3, 0.4) is 0 Å². The molecule has 0 aliphatic heterocycles. The SMILES string of the molecule is OO.OO.[Ni].[Zn]. The molecule has 0 fully saturated rings. The monoisotopic (exact) mass is 190 g/mol. The Kier molecular flexibility index (Phi) is 752. The Morgan fingerprint density at radius 1 is 0.667 bits per heavy atom. The molecule has 0 saturated carbocycles. The second-order valence-corrected chi connectivity index (χ2v) is 0. The van der Waals surface area contributed by atoms with Gasteiger partial charge in [0.15, 0.2) is 0 Å². The molecular formula is H4NiO4Zn. The summed E-state index contributed by atoms with van der Waals surface area (Å²) in [4.78, 5) is 0. The van der Waals surface area contributed by atoms with Gasteiger partial charge in [-0.25, -0.2) is 0 Å². The van der Waals surface area contributed by atoms with Crippen molar-refractivity contribution in [2.24, 2.45) is 0 Å². The van der Waals surface area contributed by atoms with Crippen LogP contribution in [0.1, 0.15) is 0 Å². The molecule has 0 rings (SSSR count). The van der Waals surface area contributed by atoms with E-state index in [4.69, 9.17) is 21.0 Å². The first-order valence-corrected chi connectivity index (χ1v) is 0.400. The standard InChI is InChI=1S/Ni.2H2O2.Zn/c;2*1-2;/h;2*1-2H;. The van der Waals surface area contributed by atoms with Crippen LogP contribution in [0.4, 0.5) is 0 Å². The van der Waals surface area contributed by atoms with Crippen LogP contribution in [0.25, 0.3) is 0 Å². The molecule has 40 valence electrons. The molecule has 0 aliphatic rings. The van der Waals surface area contributed by atoms with Crippen molar-refractivity contribution < 1.29 is 57.0 Å². The fourth-order valence-corrected chi connectivity index (χ4v) is 0. The van der Waals surface area contributed by atoms with Gasteiger partial charge in [-0.15, -0.1) is 0 Å². The van der Waals surface area contributed by atoms with Gasteiger partial charge in [0.2, 0.25) is 0 Å². The van der Waals surface area contributed by atoms with Crippen molar-refractivity contribution in [1.29, 1.82) is 0 Å². The van der Waals surface area contributed by atoms with Gasteiger partial charge in [0.05, 0.1) is 0 Å². The second-order valence-electron chi connectivity index (χ2n) is 0. The molecule has 0 amide bonds. The van der Waals surface area contributed by atoms with E-state index < -0.39 is 0 Å². The van der Waals surface area contributed by atoms with Crippen molar-refractivity contribution in [2.45, 2.75) is 0 Å². The number of hydrogen-bond acceptors (Lipinski definition) is 4. The minimum absolute atomic E-state index is 0. The van der Waals surface area contributed by atoms with E-state index in [0.29, 0.717) is 0 Å².